The quantitative estimate of drug-likeness (QED) is 0.738. The van der Waals surface area contributed by atoms with E-state index in [1.807, 2.05) is 26.0 Å². The number of hydrogen-bond donors (Lipinski definition) is 1. The summed E-state index contributed by atoms with van der Waals surface area (Å²) < 4.78 is 0. The van der Waals surface area contributed by atoms with Crippen LogP contribution in [0.25, 0.3) is 0 Å². The Labute approximate surface area is 161 Å². The van der Waals surface area contributed by atoms with Gasteiger partial charge in [-0.1, -0.05) is 13.8 Å². The van der Waals surface area contributed by atoms with Crippen molar-refractivity contribution in [1.29, 1.82) is 0 Å². The molecule has 23 heavy (non-hydrogen) atoms. The second-order valence-electron chi connectivity index (χ2n) is 6.15. The minimum absolute atomic E-state index is 0. The van der Waals surface area contributed by atoms with Crippen LogP contribution in [0.1, 0.15) is 32.0 Å². The molecule has 1 aromatic rings. The van der Waals surface area contributed by atoms with E-state index in [2.05, 4.69) is 31.1 Å². The Morgan fingerprint density at radius 3 is 2.17 bits per heavy atom. The first-order valence-electron chi connectivity index (χ1n) is 7.41. The van der Waals surface area contributed by atoms with Crippen LogP contribution in [-0.4, -0.2) is 48.6 Å². The topological polar surface area (TPSA) is 48.5 Å². The Hall–Kier alpha value is -0.660. The molecule has 0 bridgehead atoms. The van der Waals surface area contributed by atoms with Gasteiger partial charge in [-0.3, -0.25) is 4.90 Å². The molecule has 0 fully saturated rings. The summed E-state index contributed by atoms with van der Waals surface area (Å²) >= 11 is 0. The van der Waals surface area contributed by atoms with Crippen LogP contribution in [-0.2, 0) is 0 Å². The third kappa shape index (κ3) is 8.13. The average molecular weight is 454 g/mol. The normalized spacial score (nSPS) is 11.3. The van der Waals surface area contributed by atoms with Crippen molar-refractivity contribution >= 4 is 45.8 Å². The van der Waals surface area contributed by atoms with Gasteiger partial charge >= 0.3 is 6.03 Å². The van der Waals surface area contributed by atoms with Crippen LogP contribution in [0, 0.1) is 13.8 Å². The number of urea groups is 1. The molecule has 0 aromatic carbocycles. The van der Waals surface area contributed by atoms with E-state index in [4.69, 9.17) is 0 Å². The van der Waals surface area contributed by atoms with Gasteiger partial charge in [0.05, 0.1) is 0 Å². The molecule has 1 heterocycles. The molecule has 2 amide bonds. The Morgan fingerprint density at radius 2 is 1.74 bits per heavy atom. The Morgan fingerprint density at radius 1 is 1.17 bits per heavy atom. The van der Waals surface area contributed by atoms with Gasteiger partial charge in [-0.2, -0.15) is 0 Å². The van der Waals surface area contributed by atoms with Gasteiger partial charge < -0.3 is 10.2 Å². The third-order valence-electron chi connectivity index (χ3n) is 3.05. The third-order valence-corrected chi connectivity index (χ3v) is 3.05. The monoisotopic (exact) mass is 452 g/mol. The van der Waals surface area contributed by atoms with Crippen molar-refractivity contribution in [3.05, 3.63) is 23.4 Å². The highest BCUT2D eigenvalue weighted by atomic mass is 79.9. The van der Waals surface area contributed by atoms with Crippen LogP contribution in [0.5, 0.6) is 0 Å². The number of anilines is 1. The van der Waals surface area contributed by atoms with Crippen molar-refractivity contribution in [2.45, 2.75) is 46.7 Å². The molecule has 1 N–H and O–H groups in total. The van der Waals surface area contributed by atoms with Crippen molar-refractivity contribution in [2.75, 3.05) is 25.5 Å². The first-order chi connectivity index (χ1) is 9.70. The molecule has 0 saturated carbocycles. The van der Waals surface area contributed by atoms with E-state index >= 15 is 0 Å². The molecule has 0 aliphatic heterocycles. The average Bonchev–Trinajstić information content (AvgIpc) is 2.32. The van der Waals surface area contributed by atoms with Gasteiger partial charge in [0.25, 0.3) is 0 Å². The molecule has 7 heteroatoms. The second-order valence-corrected chi connectivity index (χ2v) is 6.15. The standard InChI is InChI=1S/C16H28N4O.2BrH/c1-11(2)17-14(5)10-20(16(21)19(6)7)15-9-12(3)8-13(4)18-15;;/h8-9,11,14,17H,10H2,1-7H3;2*1H. The SMILES string of the molecule is Br.Br.Cc1cc(C)nc(N(CC(C)NC(C)C)C(=O)N(C)C)c1. The molecule has 0 saturated heterocycles. The van der Waals surface area contributed by atoms with Crippen LogP contribution in [0.3, 0.4) is 0 Å². The number of hydrogen-bond acceptors (Lipinski definition) is 3. The zero-order valence-corrected chi connectivity index (χ0v) is 18.5. The van der Waals surface area contributed by atoms with E-state index in [1.165, 1.54) is 0 Å². The lowest BCUT2D eigenvalue weighted by Crippen LogP contribution is -2.48. The molecule has 1 unspecified atom stereocenters. The first-order valence-corrected chi connectivity index (χ1v) is 7.41. The molecule has 0 aliphatic carbocycles. The molecule has 1 aromatic heterocycles. The molecule has 134 valence electrons. The summed E-state index contributed by atoms with van der Waals surface area (Å²) in [5.74, 6) is 0.712. The maximum atomic E-state index is 12.5. The summed E-state index contributed by atoms with van der Waals surface area (Å²) in [5.41, 5.74) is 2.03. The van der Waals surface area contributed by atoms with Gasteiger partial charge in [0.1, 0.15) is 5.82 Å². The molecule has 0 radical (unpaired) electrons. The van der Waals surface area contributed by atoms with Gasteiger partial charge in [-0.25, -0.2) is 9.78 Å². The summed E-state index contributed by atoms with van der Waals surface area (Å²) in [4.78, 5) is 20.3. The maximum Gasteiger partial charge on any atom is 0.325 e. The number of halogens is 2. The number of nitrogens with zero attached hydrogens (tertiary/aromatic N) is 3. The van der Waals surface area contributed by atoms with E-state index < -0.39 is 0 Å². The van der Waals surface area contributed by atoms with Crippen LogP contribution in [0.4, 0.5) is 10.6 Å². The number of aromatic nitrogens is 1. The minimum atomic E-state index is -0.0510. The van der Waals surface area contributed by atoms with Gasteiger partial charge in [0, 0.05) is 38.4 Å². The van der Waals surface area contributed by atoms with E-state index in [0.29, 0.717) is 18.4 Å². The zero-order valence-electron chi connectivity index (χ0n) is 15.1. The van der Waals surface area contributed by atoms with Gasteiger partial charge in [-0.15, -0.1) is 34.0 Å². The largest absolute Gasteiger partial charge is 0.330 e. The molecule has 0 aliphatic rings. The lowest BCUT2D eigenvalue weighted by Gasteiger charge is -2.29. The van der Waals surface area contributed by atoms with Gasteiger partial charge in [0.15, 0.2) is 0 Å². The highest BCUT2D eigenvalue weighted by Crippen LogP contribution is 2.16. The molecule has 5 nitrogen and oxygen atoms in total. The minimum Gasteiger partial charge on any atom is -0.330 e. The van der Waals surface area contributed by atoms with Crippen LogP contribution < -0.4 is 10.2 Å². The van der Waals surface area contributed by atoms with E-state index in [9.17, 15) is 4.79 Å². The van der Waals surface area contributed by atoms with E-state index in [-0.39, 0.29) is 46.0 Å². The lowest BCUT2D eigenvalue weighted by molar-refractivity contribution is 0.222. The summed E-state index contributed by atoms with van der Waals surface area (Å²) in [7, 11) is 3.52. The van der Waals surface area contributed by atoms with E-state index in [0.717, 1.165) is 11.3 Å². The van der Waals surface area contributed by atoms with Crippen molar-refractivity contribution in [1.82, 2.24) is 15.2 Å². The zero-order chi connectivity index (χ0) is 16.2. The lowest BCUT2D eigenvalue weighted by atomic mass is 10.2. The Bertz CT molecular complexity index is 475. The first kappa shape index (κ1) is 24.6. The maximum absolute atomic E-state index is 12.5. The number of aryl methyl sites for hydroxylation is 2. The highest BCUT2D eigenvalue weighted by Gasteiger charge is 2.21. The van der Waals surface area contributed by atoms with Crippen molar-refractivity contribution < 1.29 is 4.79 Å². The summed E-state index contributed by atoms with van der Waals surface area (Å²) in [6.45, 7) is 10.8. The molecular weight excluding hydrogens is 424 g/mol. The molecule has 0 spiro atoms. The number of pyridine rings is 1. The predicted molar refractivity (Wildman–Crippen MR) is 109 cm³/mol. The summed E-state index contributed by atoms with van der Waals surface area (Å²) in [6.07, 6.45) is 0. The number of amides is 2. The molecular formula is C16H30Br2N4O. The van der Waals surface area contributed by atoms with Crippen molar-refractivity contribution in [3.63, 3.8) is 0 Å². The van der Waals surface area contributed by atoms with Crippen molar-refractivity contribution in [3.8, 4) is 0 Å². The van der Waals surface area contributed by atoms with Crippen LogP contribution in [0.2, 0.25) is 0 Å². The Kier molecular flexibility index (Phi) is 11.8. The molecule has 1 atom stereocenters. The predicted octanol–water partition coefficient (Wildman–Crippen LogP) is 3.73. The van der Waals surface area contributed by atoms with Crippen LogP contribution >= 0.6 is 34.0 Å². The fraction of sp³-hybridized carbons (Fsp3) is 0.625. The number of rotatable bonds is 5. The second kappa shape index (κ2) is 11.0. The Balaban J connectivity index is 0. The molecule has 1 rings (SSSR count). The van der Waals surface area contributed by atoms with Gasteiger partial charge in [0.2, 0.25) is 0 Å². The fourth-order valence-electron chi connectivity index (χ4n) is 2.36. The van der Waals surface area contributed by atoms with Crippen LogP contribution in [0.15, 0.2) is 12.1 Å². The smallest absolute Gasteiger partial charge is 0.325 e. The van der Waals surface area contributed by atoms with Gasteiger partial charge in [-0.05, 0) is 38.5 Å². The number of nitrogens with one attached hydrogen (secondary N) is 1. The van der Waals surface area contributed by atoms with Crippen molar-refractivity contribution in [2.24, 2.45) is 0 Å². The fourth-order valence-corrected chi connectivity index (χ4v) is 2.36. The number of carbonyl (C=O) groups excluding carboxylic acids is 1. The highest BCUT2D eigenvalue weighted by molar-refractivity contribution is 8.93. The summed E-state index contributed by atoms with van der Waals surface area (Å²) in [6, 6.07) is 4.48. The summed E-state index contributed by atoms with van der Waals surface area (Å²) in [5, 5.41) is 3.43. The number of carbonyl (C=O) groups is 1. The van der Waals surface area contributed by atoms with E-state index in [1.54, 1.807) is 23.9 Å².